The fourth-order valence-corrected chi connectivity index (χ4v) is 2.71. The van der Waals surface area contributed by atoms with E-state index in [0.717, 1.165) is 27.3 Å². The van der Waals surface area contributed by atoms with Crippen molar-refractivity contribution in [3.63, 3.8) is 0 Å². The number of nitrogens with zero attached hydrogens (tertiary/aromatic N) is 1. The van der Waals surface area contributed by atoms with Gasteiger partial charge < -0.3 is 9.88 Å². The van der Waals surface area contributed by atoms with Gasteiger partial charge in [0, 0.05) is 18.0 Å². The number of halogens is 3. The van der Waals surface area contributed by atoms with E-state index in [2.05, 4.69) is 5.32 Å². The molecule has 1 heterocycles. The molecule has 0 saturated heterocycles. The molecule has 0 aliphatic rings. The van der Waals surface area contributed by atoms with Gasteiger partial charge in [0.2, 0.25) is 5.91 Å². The van der Waals surface area contributed by atoms with E-state index in [9.17, 15) is 22.8 Å². The van der Waals surface area contributed by atoms with E-state index in [1.54, 1.807) is 0 Å². The maximum absolute atomic E-state index is 12.8. The Bertz CT molecular complexity index is 846. The number of aryl methyl sites for hydroxylation is 3. The minimum absolute atomic E-state index is 0.559. The van der Waals surface area contributed by atoms with Gasteiger partial charge in [0.1, 0.15) is 6.04 Å². The largest absolute Gasteiger partial charge is 0.417 e. The highest BCUT2D eigenvalue weighted by Crippen LogP contribution is 2.29. The highest BCUT2D eigenvalue weighted by atomic mass is 19.4. The predicted molar refractivity (Wildman–Crippen MR) is 89.7 cm³/mol. The van der Waals surface area contributed by atoms with Crippen LogP contribution >= 0.6 is 0 Å². The summed E-state index contributed by atoms with van der Waals surface area (Å²) in [5.41, 5.74) is 1.67. The van der Waals surface area contributed by atoms with Crippen molar-refractivity contribution in [1.29, 1.82) is 0 Å². The first kappa shape index (κ1) is 18.8. The molecule has 1 amide bonds. The zero-order valence-corrected chi connectivity index (χ0v) is 14.4. The van der Waals surface area contributed by atoms with E-state index >= 15 is 0 Å². The summed E-state index contributed by atoms with van der Waals surface area (Å²) < 4.78 is 39.3. The third kappa shape index (κ3) is 4.10. The van der Waals surface area contributed by atoms with Gasteiger partial charge in [-0.15, -0.1) is 0 Å². The molecule has 0 saturated carbocycles. The predicted octanol–water partition coefficient (Wildman–Crippen LogP) is 3.99. The maximum Gasteiger partial charge on any atom is 0.417 e. The average Bonchev–Trinajstić information content (AvgIpc) is 2.49. The molecule has 1 aromatic carbocycles. The van der Waals surface area contributed by atoms with Crippen LogP contribution < -0.4 is 10.9 Å². The van der Waals surface area contributed by atoms with Crippen molar-refractivity contribution in [2.24, 2.45) is 0 Å². The Kier molecular flexibility index (Phi) is 5.06. The maximum atomic E-state index is 12.8. The molecule has 1 aromatic heterocycles. The molecule has 2 aromatic rings. The normalized spacial score (nSPS) is 12.8. The number of carbonyl (C=O) groups is 1. The van der Waals surface area contributed by atoms with Crippen LogP contribution in [0.15, 0.2) is 35.3 Å². The number of hydrogen-bond donors (Lipinski definition) is 1. The molecule has 2 rings (SSSR count). The monoisotopic (exact) mass is 352 g/mol. The zero-order valence-electron chi connectivity index (χ0n) is 14.4. The molecule has 0 aliphatic carbocycles. The van der Waals surface area contributed by atoms with Crippen LogP contribution in [0.1, 0.15) is 35.2 Å². The highest BCUT2D eigenvalue weighted by Gasteiger charge is 2.32. The topological polar surface area (TPSA) is 51.1 Å². The third-order valence-corrected chi connectivity index (χ3v) is 3.99. The molecule has 0 radical (unpaired) electrons. The van der Waals surface area contributed by atoms with Crippen LogP contribution in [0.3, 0.4) is 0 Å². The van der Waals surface area contributed by atoms with Crippen molar-refractivity contribution in [3.8, 4) is 0 Å². The van der Waals surface area contributed by atoms with E-state index in [1.165, 1.54) is 6.92 Å². The van der Waals surface area contributed by atoms with Crippen LogP contribution in [0.4, 0.5) is 18.9 Å². The van der Waals surface area contributed by atoms with E-state index in [4.69, 9.17) is 0 Å². The number of nitrogens with one attached hydrogen (secondary N) is 1. The Labute approximate surface area is 143 Å². The Hall–Kier alpha value is -2.57. The summed E-state index contributed by atoms with van der Waals surface area (Å²) in [7, 11) is 0. The van der Waals surface area contributed by atoms with Gasteiger partial charge in [0.15, 0.2) is 0 Å². The molecule has 0 spiro atoms. The summed E-state index contributed by atoms with van der Waals surface area (Å²) in [6, 6.07) is 4.22. The van der Waals surface area contributed by atoms with E-state index < -0.39 is 29.2 Å². The fourth-order valence-electron chi connectivity index (χ4n) is 2.71. The Morgan fingerprint density at radius 3 is 2.20 bits per heavy atom. The average molecular weight is 352 g/mol. The van der Waals surface area contributed by atoms with Crippen molar-refractivity contribution in [2.75, 3.05) is 5.32 Å². The van der Waals surface area contributed by atoms with Gasteiger partial charge in [0.25, 0.3) is 5.56 Å². The number of hydrogen-bond acceptors (Lipinski definition) is 2. The molecule has 4 nitrogen and oxygen atoms in total. The first-order valence-corrected chi connectivity index (χ1v) is 7.69. The van der Waals surface area contributed by atoms with Crippen LogP contribution in [0.25, 0.3) is 0 Å². The summed E-state index contributed by atoms with van der Waals surface area (Å²) in [5.74, 6) is -0.559. The van der Waals surface area contributed by atoms with Gasteiger partial charge in [-0.3, -0.25) is 9.59 Å². The first-order valence-electron chi connectivity index (χ1n) is 7.69. The number of anilines is 1. The molecule has 7 heteroatoms. The second-order valence-corrected chi connectivity index (χ2v) is 6.10. The lowest BCUT2D eigenvalue weighted by molar-refractivity contribution is -0.138. The summed E-state index contributed by atoms with van der Waals surface area (Å²) in [4.78, 5) is 24.4. The Balaban J connectivity index is 2.34. The minimum Gasteiger partial charge on any atom is -0.324 e. The van der Waals surface area contributed by atoms with E-state index in [0.29, 0.717) is 18.0 Å². The Morgan fingerprint density at radius 2 is 1.68 bits per heavy atom. The van der Waals surface area contributed by atoms with Crippen LogP contribution in [0, 0.1) is 20.8 Å². The number of alkyl halides is 3. The van der Waals surface area contributed by atoms with Gasteiger partial charge in [-0.2, -0.15) is 13.2 Å². The lowest BCUT2D eigenvalue weighted by atomic mass is 10.0. The van der Waals surface area contributed by atoms with E-state index in [1.807, 2.05) is 32.9 Å². The van der Waals surface area contributed by atoms with Crippen LogP contribution in [0.5, 0.6) is 0 Å². The lowest BCUT2D eigenvalue weighted by Crippen LogP contribution is -2.32. The van der Waals surface area contributed by atoms with Crippen molar-refractivity contribution in [3.05, 3.63) is 63.1 Å². The number of rotatable bonds is 3. The summed E-state index contributed by atoms with van der Waals surface area (Å²) in [6.45, 7) is 6.97. The number of aromatic nitrogens is 1. The van der Waals surface area contributed by atoms with Crippen LogP contribution in [-0.4, -0.2) is 10.5 Å². The van der Waals surface area contributed by atoms with Crippen molar-refractivity contribution >= 4 is 11.6 Å². The molecule has 25 heavy (non-hydrogen) atoms. The molecule has 0 aliphatic heterocycles. The third-order valence-electron chi connectivity index (χ3n) is 3.99. The zero-order chi connectivity index (χ0) is 18.9. The van der Waals surface area contributed by atoms with Crippen molar-refractivity contribution < 1.29 is 18.0 Å². The molecule has 1 N–H and O–H groups in total. The number of pyridine rings is 1. The van der Waals surface area contributed by atoms with Gasteiger partial charge >= 0.3 is 6.18 Å². The number of carbonyl (C=O) groups excluding carboxylic acids is 1. The standard InChI is InChI=1S/C18H19F3N2O2/c1-10-7-11(2)16(12(3)8-10)22-17(25)13(4)23-9-14(18(19,20)21)5-6-15(23)24/h5-9,13H,1-4H3,(H,22,25). The minimum atomic E-state index is -4.59. The van der Waals surface area contributed by atoms with E-state index in [-0.39, 0.29) is 0 Å². The van der Waals surface area contributed by atoms with Gasteiger partial charge in [-0.25, -0.2) is 0 Å². The summed E-state index contributed by atoms with van der Waals surface area (Å²) in [5, 5.41) is 2.71. The molecule has 134 valence electrons. The molecular formula is C18H19F3N2O2. The fraction of sp³-hybridized carbons (Fsp3) is 0.333. The van der Waals surface area contributed by atoms with Gasteiger partial charge in [-0.1, -0.05) is 17.7 Å². The van der Waals surface area contributed by atoms with Gasteiger partial charge in [-0.05, 0) is 44.9 Å². The summed E-state index contributed by atoms with van der Waals surface area (Å²) >= 11 is 0. The number of amides is 1. The molecule has 1 atom stereocenters. The number of benzene rings is 1. The quantitative estimate of drug-likeness (QED) is 0.908. The van der Waals surface area contributed by atoms with Crippen LogP contribution in [-0.2, 0) is 11.0 Å². The lowest BCUT2D eigenvalue weighted by Gasteiger charge is -2.19. The Morgan fingerprint density at radius 1 is 1.12 bits per heavy atom. The second-order valence-electron chi connectivity index (χ2n) is 6.10. The smallest absolute Gasteiger partial charge is 0.324 e. The van der Waals surface area contributed by atoms with Crippen molar-refractivity contribution in [2.45, 2.75) is 39.9 Å². The molecular weight excluding hydrogens is 333 g/mol. The van der Waals surface area contributed by atoms with Gasteiger partial charge in [0.05, 0.1) is 5.56 Å². The second kappa shape index (κ2) is 6.74. The SMILES string of the molecule is Cc1cc(C)c(NC(=O)C(C)n2cc(C(F)(F)F)ccc2=O)c(C)c1. The first-order chi connectivity index (χ1) is 11.5. The van der Waals surface area contributed by atoms with Crippen LogP contribution in [0.2, 0.25) is 0 Å². The molecule has 0 bridgehead atoms. The molecule has 1 unspecified atom stereocenters. The van der Waals surface area contributed by atoms with Crippen molar-refractivity contribution in [1.82, 2.24) is 4.57 Å². The summed E-state index contributed by atoms with van der Waals surface area (Å²) in [6.07, 6.45) is -3.92. The highest BCUT2D eigenvalue weighted by molar-refractivity contribution is 5.95. The molecule has 0 fully saturated rings.